The SMILES string of the molecule is CSC1=C(C(=O)OC(c2ccccc2)c2ccccc2)N2C(=O)C(NC(=O)/C(=N/OCC(=O)OC(C)(C)C)c3cnsn3)C2SC1. The molecule has 46 heavy (non-hydrogen) atoms. The lowest BCUT2D eigenvalue weighted by atomic mass is 10.0. The molecule has 1 saturated heterocycles. The van der Waals surface area contributed by atoms with Gasteiger partial charge in [-0.2, -0.15) is 8.75 Å². The van der Waals surface area contributed by atoms with E-state index in [2.05, 4.69) is 19.2 Å². The van der Waals surface area contributed by atoms with Crippen molar-refractivity contribution in [3.05, 3.63) is 94.3 Å². The van der Waals surface area contributed by atoms with Crippen molar-refractivity contribution in [2.24, 2.45) is 5.16 Å². The highest BCUT2D eigenvalue weighted by atomic mass is 32.2. The third-order valence-electron chi connectivity index (χ3n) is 6.67. The number of hydrogen-bond acceptors (Lipinski definition) is 13. The van der Waals surface area contributed by atoms with E-state index in [1.165, 1.54) is 34.6 Å². The zero-order valence-electron chi connectivity index (χ0n) is 25.4. The average molecular weight is 682 g/mol. The van der Waals surface area contributed by atoms with Crippen molar-refractivity contribution >= 4 is 64.7 Å². The number of β-lactam (4-membered cyclic amide) rings is 1. The monoisotopic (exact) mass is 681 g/mol. The maximum atomic E-state index is 13.8. The number of carbonyl (C=O) groups excluding carboxylic acids is 4. The number of nitrogens with zero attached hydrogens (tertiary/aromatic N) is 4. The number of ether oxygens (including phenoxy) is 2. The zero-order valence-corrected chi connectivity index (χ0v) is 27.8. The van der Waals surface area contributed by atoms with Gasteiger partial charge in [0.25, 0.3) is 11.8 Å². The number of nitrogens with one attached hydrogen (secondary N) is 1. The highest BCUT2D eigenvalue weighted by Crippen LogP contribution is 2.44. The number of aromatic nitrogens is 2. The van der Waals surface area contributed by atoms with Crippen molar-refractivity contribution in [3.8, 4) is 0 Å². The van der Waals surface area contributed by atoms with E-state index in [1.54, 1.807) is 20.8 Å². The maximum Gasteiger partial charge on any atom is 0.356 e. The summed E-state index contributed by atoms with van der Waals surface area (Å²) in [6.07, 6.45) is 2.46. The fourth-order valence-corrected chi connectivity index (χ4v) is 7.35. The van der Waals surface area contributed by atoms with Gasteiger partial charge in [-0.1, -0.05) is 65.8 Å². The lowest BCUT2D eigenvalue weighted by molar-refractivity contribution is -0.160. The quantitative estimate of drug-likeness (QED) is 0.136. The predicted molar refractivity (Wildman–Crippen MR) is 175 cm³/mol. The van der Waals surface area contributed by atoms with Crippen LogP contribution in [-0.4, -0.2) is 78.7 Å². The summed E-state index contributed by atoms with van der Waals surface area (Å²) in [7, 11) is 0. The Bertz CT molecular complexity index is 1600. The van der Waals surface area contributed by atoms with Gasteiger partial charge in [-0.3, -0.25) is 14.5 Å². The Morgan fingerprint density at radius 1 is 1.09 bits per heavy atom. The molecule has 1 aromatic heterocycles. The standard InChI is InChI=1S/C31H31N5O7S3/c1-31(2,3)43-22(37)16-41-34-23(20-15-32-46-35-20)27(38)33-24-28(39)36-25(21(44-4)17-45-29(24)36)30(40)42-26(18-11-7-5-8-12-18)19-13-9-6-10-14-19/h5-15,24,26,29H,16-17H2,1-4H3,(H,33,38)/b34-23+. The number of thioether (sulfide) groups is 2. The molecule has 3 heterocycles. The van der Waals surface area contributed by atoms with Crippen LogP contribution in [0.3, 0.4) is 0 Å². The molecule has 0 spiro atoms. The summed E-state index contributed by atoms with van der Waals surface area (Å²) >= 11 is 3.63. The molecular weight excluding hydrogens is 651 g/mol. The fraction of sp³-hybridized carbons (Fsp3) is 0.323. The van der Waals surface area contributed by atoms with Crippen LogP contribution < -0.4 is 5.32 Å². The van der Waals surface area contributed by atoms with Crippen LogP contribution in [0.2, 0.25) is 0 Å². The van der Waals surface area contributed by atoms with Gasteiger partial charge in [-0.25, -0.2) is 9.59 Å². The first-order chi connectivity index (χ1) is 22.1. The molecule has 2 unspecified atom stereocenters. The highest BCUT2D eigenvalue weighted by molar-refractivity contribution is 8.05. The lowest BCUT2D eigenvalue weighted by Crippen LogP contribution is -2.71. The molecule has 0 radical (unpaired) electrons. The number of rotatable bonds is 11. The van der Waals surface area contributed by atoms with Crippen LogP contribution in [0.25, 0.3) is 0 Å². The van der Waals surface area contributed by atoms with E-state index in [9.17, 15) is 19.2 Å². The normalized spacial score (nSPS) is 18.1. The number of hydrogen-bond donors (Lipinski definition) is 1. The third-order valence-corrected chi connectivity index (χ3v) is 9.44. The van der Waals surface area contributed by atoms with Gasteiger partial charge in [-0.05, 0) is 38.2 Å². The van der Waals surface area contributed by atoms with Gasteiger partial charge in [0, 0.05) is 10.7 Å². The molecule has 0 bridgehead atoms. The van der Waals surface area contributed by atoms with Crippen molar-refractivity contribution in [3.63, 3.8) is 0 Å². The second-order valence-corrected chi connectivity index (χ2v) is 13.6. The third kappa shape index (κ3) is 7.59. The molecule has 2 amide bonds. The minimum Gasteiger partial charge on any atom is -0.457 e. The molecule has 5 rings (SSSR count). The number of oxime groups is 1. The van der Waals surface area contributed by atoms with Gasteiger partial charge in [-0.15, -0.1) is 23.5 Å². The number of fused-ring (bicyclic) bond motifs is 1. The summed E-state index contributed by atoms with van der Waals surface area (Å²) in [4.78, 5) is 60.0. The fourth-order valence-electron chi connectivity index (χ4n) is 4.69. The molecule has 1 fully saturated rings. The summed E-state index contributed by atoms with van der Waals surface area (Å²) in [6, 6.07) is 17.8. The summed E-state index contributed by atoms with van der Waals surface area (Å²) in [5, 5.41) is 5.95. The first-order valence-electron chi connectivity index (χ1n) is 14.1. The predicted octanol–water partition coefficient (Wildman–Crippen LogP) is 3.91. The van der Waals surface area contributed by atoms with Crippen LogP contribution in [0.15, 0.2) is 82.6 Å². The summed E-state index contributed by atoms with van der Waals surface area (Å²) < 4.78 is 19.3. The number of carbonyl (C=O) groups is 4. The molecule has 2 aromatic carbocycles. The second-order valence-electron chi connectivity index (χ2n) is 11.0. The van der Waals surface area contributed by atoms with E-state index in [1.807, 2.05) is 66.9 Å². The smallest absolute Gasteiger partial charge is 0.356 e. The van der Waals surface area contributed by atoms with Crippen LogP contribution in [0.1, 0.15) is 43.7 Å². The summed E-state index contributed by atoms with van der Waals surface area (Å²) in [6.45, 7) is 4.59. The molecular formula is C31H31N5O7S3. The van der Waals surface area contributed by atoms with E-state index in [4.69, 9.17) is 14.3 Å². The van der Waals surface area contributed by atoms with Crippen molar-refractivity contribution < 1.29 is 33.5 Å². The van der Waals surface area contributed by atoms with E-state index in [0.29, 0.717) is 10.7 Å². The lowest BCUT2D eigenvalue weighted by Gasteiger charge is -2.49. The van der Waals surface area contributed by atoms with E-state index < -0.39 is 53.5 Å². The Kier molecular flexibility index (Phi) is 10.4. The van der Waals surface area contributed by atoms with Crippen molar-refractivity contribution in [2.75, 3.05) is 18.6 Å². The molecule has 2 aliphatic rings. The first-order valence-corrected chi connectivity index (χ1v) is 17.1. The second kappa shape index (κ2) is 14.5. The Labute approximate surface area is 278 Å². The Morgan fingerprint density at radius 3 is 2.30 bits per heavy atom. The molecule has 240 valence electrons. The van der Waals surface area contributed by atoms with Gasteiger partial charge in [0.05, 0.1) is 17.9 Å². The minimum absolute atomic E-state index is 0.105. The van der Waals surface area contributed by atoms with Gasteiger partial charge in [0.1, 0.15) is 28.4 Å². The number of amides is 2. The van der Waals surface area contributed by atoms with Crippen LogP contribution in [-0.2, 0) is 33.5 Å². The van der Waals surface area contributed by atoms with Gasteiger partial charge in [0.15, 0.2) is 11.8 Å². The van der Waals surface area contributed by atoms with Crippen LogP contribution in [0, 0.1) is 0 Å². The Hall–Kier alpha value is -4.21. The van der Waals surface area contributed by atoms with Crippen molar-refractivity contribution in [2.45, 2.75) is 43.9 Å². The van der Waals surface area contributed by atoms with E-state index >= 15 is 0 Å². The maximum absolute atomic E-state index is 13.8. The largest absolute Gasteiger partial charge is 0.457 e. The zero-order chi connectivity index (χ0) is 32.8. The first kappa shape index (κ1) is 33.2. The minimum atomic E-state index is -0.967. The van der Waals surface area contributed by atoms with Gasteiger partial charge < -0.3 is 19.6 Å². The van der Waals surface area contributed by atoms with Crippen LogP contribution in [0.5, 0.6) is 0 Å². The molecule has 0 aliphatic carbocycles. The molecule has 15 heteroatoms. The summed E-state index contributed by atoms with van der Waals surface area (Å²) in [5.41, 5.74) is 0.838. The molecule has 3 aromatic rings. The van der Waals surface area contributed by atoms with E-state index in [-0.39, 0.29) is 17.1 Å². The highest BCUT2D eigenvalue weighted by Gasteiger charge is 2.55. The Balaban J connectivity index is 1.32. The summed E-state index contributed by atoms with van der Waals surface area (Å²) in [5.74, 6) is -2.12. The molecule has 2 atom stereocenters. The molecule has 1 N–H and O–H groups in total. The van der Waals surface area contributed by atoms with Crippen LogP contribution >= 0.6 is 35.3 Å². The molecule has 12 nitrogen and oxygen atoms in total. The van der Waals surface area contributed by atoms with Gasteiger partial charge >= 0.3 is 11.9 Å². The van der Waals surface area contributed by atoms with Crippen LogP contribution in [0.4, 0.5) is 0 Å². The molecule has 2 aliphatic heterocycles. The molecule has 0 saturated carbocycles. The number of esters is 2. The topological polar surface area (TPSA) is 149 Å². The van der Waals surface area contributed by atoms with Crippen molar-refractivity contribution in [1.29, 1.82) is 0 Å². The van der Waals surface area contributed by atoms with Crippen molar-refractivity contribution in [1.82, 2.24) is 19.0 Å². The number of benzene rings is 2. The van der Waals surface area contributed by atoms with E-state index in [0.717, 1.165) is 22.9 Å². The average Bonchev–Trinajstić information content (AvgIpc) is 3.58. The van der Waals surface area contributed by atoms with Gasteiger partial charge in [0.2, 0.25) is 6.61 Å². The Morgan fingerprint density at radius 2 is 1.74 bits per heavy atom.